The second kappa shape index (κ2) is 4.11. The number of aryl methyl sites for hydroxylation is 1. The van der Waals surface area contributed by atoms with E-state index in [4.69, 9.17) is 0 Å². The van der Waals surface area contributed by atoms with Gasteiger partial charge in [-0.1, -0.05) is 44.0 Å². The minimum atomic E-state index is -3.27. The largest absolute Gasteiger partial charge is 0.222 e. The molecule has 5 heteroatoms. The highest BCUT2D eigenvalue weighted by molar-refractivity contribution is 9.27. The van der Waals surface area contributed by atoms with Crippen LogP contribution in [0.4, 0.5) is 0 Å². The van der Waals surface area contributed by atoms with E-state index in [0.717, 1.165) is 5.56 Å². The molecule has 0 N–H and O–H groups in total. The maximum absolute atomic E-state index is 11.6. The molecule has 0 fully saturated rings. The van der Waals surface area contributed by atoms with E-state index >= 15 is 0 Å². The zero-order valence-corrected chi connectivity index (χ0v) is 10.9. The Morgan fingerprint density at radius 3 is 2.38 bits per heavy atom. The molecule has 0 aliphatic carbocycles. The topological polar surface area (TPSA) is 34.1 Å². The van der Waals surface area contributed by atoms with Gasteiger partial charge in [0.15, 0.2) is 3.07 Å². The Morgan fingerprint density at radius 1 is 1.31 bits per heavy atom. The third-order valence-corrected chi connectivity index (χ3v) is 5.89. The molecule has 1 aromatic carbocycles. The molecule has 0 aliphatic rings. The Labute approximate surface area is 94.5 Å². The first-order chi connectivity index (χ1) is 5.94. The molecule has 0 radical (unpaired) electrons. The Balaban J connectivity index is 3.24. The highest BCUT2D eigenvalue weighted by Gasteiger charge is 2.21. The van der Waals surface area contributed by atoms with Gasteiger partial charge in [-0.05, 0) is 24.6 Å². The van der Waals surface area contributed by atoms with Crippen LogP contribution < -0.4 is 0 Å². The molecule has 1 rings (SSSR count). The lowest BCUT2D eigenvalue weighted by Crippen LogP contribution is -2.08. The molecule has 2 nitrogen and oxygen atoms in total. The summed E-state index contributed by atoms with van der Waals surface area (Å²) in [5, 5.41) is 0. The first-order valence-electron chi connectivity index (χ1n) is 3.53. The predicted molar refractivity (Wildman–Crippen MR) is 60.0 cm³/mol. The third-order valence-electron chi connectivity index (χ3n) is 1.55. The lowest BCUT2D eigenvalue weighted by molar-refractivity contribution is 0.600. The molecule has 0 aromatic heterocycles. The maximum atomic E-state index is 11.6. The summed E-state index contributed by atoms with van der Waals surface area (Å²) in [5.74, 6) is 0. The van der Waals surface area contributed by atoms with Crippen LogP contribution in [0.5, 0.6) is 0 Å². The second-order valence-corrected chi connectivity index (χ2v) is 8.93. The molecule has 1 aromatic rings. The summed E-state index contributed by atoms with van der Waals surface area (Å²) >= 11 is 5.97. The quantitative estimate of drug-likeness (QED) is 0.783. The highest BCUT2D eigenvalue weighted by Crippen LogP contribution is 2.24. The fraction of sp³-hybridized carbons (Fsp3) is 0.250. The van der Waals surface area contributed by atoms with Crippen LogP contribution >= 0.6 is 31.9 Å². The lowest BCUT2D eigenvalue weighted by Gasteiger charge is -2.05. The summed E-state index contributed by atoms with van der Waals surface area (Å²) in [7, 11) is -3.27. The van der Waals surface area contributed by atoms with Gasteiger partial charge in [-0.3, -0.25) is 0 Å². The highest BCUT2D eigenvalue weighted by atomic mass is 79.9. The van der Waals surface area contributed by atoms with Gasteiger partial charge in [0.25, 0.3) is 0 Å². The Kier molecular flexibility index (Phi) is 3.54. The van der Waals surface area contributed by atoms with Gasteiger partial charge in [0.2, 0.25) is 9.84 Å². The van der Waals surface area contributed by atoms with Crippen LogP contribution in [0.15, 0.2) is 29.2 Å². The van der Waals surface area contributed by atoms with E-state index in [1.54, 1.807) is 18.2 Å². The van der Waals surface area contributed by atoms with Crippen molar-refractivity contribution < 1.29 is 8.42 Å². The number of benzene rings is 1. The molecule has 13 heavy (non-hydrogen) atoms. The van der Waals surface area contributed by atoms with Gasteiger partial charge in [0, 0.05) is 0 Å². The molecule has 0 amide bonds. The molecule has 0 saturated heterocycles. The zero-order valence-electron chi connectivity index (χ0n) is 6.87. The van der Waals surface area contributed by atoms with Crippen molar-refractivity contribution in [2.45, 2.75) is 14.9 Å². The van der Waals surface area contributed by atoms with E-state index in [1.165, 1.54) is 0 Å². The first kappa shape index (κ1) is 11.2. The average molecular weight is 328 g/mol. The van der Waals surface area contributed by atoms with Crippen LogP contribution in [0.25, 0.3) is 0 Å². The molecule has 0 heterocycles. The molecule has 0 unspecified atom stereocenters. The molecular weight excluding hydrogens is 320 g/mol. The SMILES string of the molecule is Cc1cccc(S(=O)(=O)C(Br)Br)c1. The number of sulfone groups is 1. The van der Waals surface area contributed by atoms with Gasteiger partial charge in [-0.15, -0.1) is 0 Å². The summed E-state index contributed by atoms with van der Waals surface area (Å²) in [5.41, 5.74) is 0.932. The van der Waals surface area contributed by atoms with E-state index in [0.29, 0.717) is 4.90 Å². The van der Waals surface area contributed by atoms with E-state index < -0.39 is 12.9 Å². The number of hydrogen-bond donors (Lipinski definition) is 0. The summed E-state index contributed by atoms with van der Waals surface area (Å²) < 4.78 is 22.5. The standard InChI is InChI=1S/C8H8Br2O2S/c1-6-3-2-4-7(5-6)13(11,12)8(9)10/h2-5,8H,1H3. The van der Waals surface area contributed by atoms with Crippen molar-refractivity contribution in [3.8, 4) is 0 Å². The zero-order chi connectivity index (χ0) is 10.1. The van der Waals surface area contributed by atoms with Crippen molar-refractivity contribution in [3.05, 3.63) is 29.8 Å². The number of rotatable bonds is 2. The fourth-order valence-corrected chi connectivity index (χ4v) is 3.01. The average Bonchev–Trinajstić information content (AvgIpc) is 2.04. The fourth-order valence-electron chi connectivity index (χ4n) is 0.895. The monoisotopic (exact) mass is 326 g/mol. The number of alkyl halides is 2. The van der Waals surface area contributed by atoms with E-state index in [9.17, 15) is 8.42 Å². The summed E-state index contributed by atoms with van der Waals surface area (Å²) in [4.78, 5) is 0.325. The molecule has 0 aliphatic heterocycles. The Bertz CT molecular complexity index is 398. The van der Waals surface area contributed by atoms with Crippen molar-refractivity contribution in [2.75, 3.05) is 0 Å². The van der Waals surface area contributed by atoms with Crippen molar-refractivity contribution in [2.24, 2.45) is 0 Å². The third kappa shape index (κ3) is 2.54. The molecule has 0 spiro atoms. The first-order valence-corrected chi connectivity index (χ1v) is 6.91. The van der Waals surface area contributed by atoms with Crippen LogP contribution in [-0.2, 0) is 9.84 Å². The van der Waals surface area contributed by atoms with Gasteiger partial charge in [-0.25, -0.2) is 8.42 Å². The smallest absolute Gasteiger partial charge is 0.201 e. The van der Waals surface area contributed by atoms with Gasteiger partial charge in [0.05, 0.1) is 4.90 Å². The minimum Gasteiger partial charge on any atom is -0.222 e. The van der Waals surface area contributed by atoms with Crippen molar-refractivity contribution in [3.63, 3.8) is 0 Å². The maximum Gasteiger partial charge on any atom is 0.201 e. The van der Waals surface area contributed by atoms with Crippen molar-refractivity contribution in [1.29, 1.82) is 0 Å². The van der Waals surface area contributed by atoms with Crippen molar-refractivity contribution >= 4 is 41.7 Å². The lowest BCUT2D eigenvalue weighted by atomic mass is 10.2. The van der Waals surface area contributed by atoms with Gasteiger partial charge in [0.1, 0.15) is 0 Å². The summed E-state index contributed by atoms with van der Waals surface area (Å²) in [6.07, 6.45) is 0. The van der Waals surface area contributed by atoms with Crippen LogP contribution in [0, 0.1) is 6.92 Å². The van der Waals surface area contributed by atoms with Crippen LogP contribution in [-0.4, -0.2) is 11.5 Å². The number of halogens is 2. The second-order valence-electron chi connectivity index (χ2n) is 2.62. The summed E-state index contributed by atoms with van der Waals surface area (Å²) in [6, 6.07) is 6.81. The number of hydrogen-bond acceptors (Lipinski definition) is 2. The van der Waals surface area contributed by atoms with Gasteiger partial charge >= 0.3 is 0 Å². The summed E-state index contributed by atoms with van der Waals surface area (Å²) in [6.45, 7) is 1.86. The molecular formula is C8H8Br2O2S. The molecule has 72 valence electrons. The van der Waals surface area contributed by atoms with E-state index in [-0.39, 0.29) is 0 Å². The minimum absolute atomic E-state index is 0.325. The van der Waals surface area contributed by atoms with Crippen LogP contribution in [0.1, 0.15) is 5.56 Å². The predicted octanol–water partition coefficient (Wildman–Crippen LogP) is 2.84. The van der Waals surface area contributed by atoms with Crippen LogP contribution in [0.2, 0.25) is 0 Å². The van der Waals surface area contributed by atoms with E-state index in [2.05, 4.69) is 31.9 Å². The van der Waals surface area contributed by atoms with Gasteiger partial charge in [-0.2, -0.15) is 0 Å². The van der Waals surface area contributed by atoms with E-state index in [1.807, 2.05) is 13.0 Å². The van der Waals surface area contributed by atoms with Crippen molar-refractivity contribution in [1.82, 2.24) is 0 Å². The molecule has 0 atom stereocenters. The normalized spacial score (nSPS) is 12.0. The van der Waals surface area contributed by atoms with Crippen LogP contribution in [0.3, 0.4) is 0 Å². The Morgan fingerprint density at radius 2 is 1.92 bits per heavy atom. The molecule has 0 saturated carbocycles. The molecule has 0 bridgehead atoms. The van der Waals surface area contributed by atoms with Gasteiger partial charge < -0.3 is 0 Å². The Hall–Kier alpha value is 0.130.